The predicted molar refractivity (Wildman–Crippen MR) is 326 cm³/mol. The number of piperazine rings is 1. The Morgan fingerprint density at radius 2 is 1.65 bits per heavy atom. The number of rotatable bonds is 19. The van der Waals surface area contributed by atoms with E-state index in [1.807, 2.05) is 25.7 Å². The number of phenols is 1. The number of halogens is 6. The highest BCUT2D eigenvalue weighted by atomic mass is 35.5. The van der Waals surface area contributed by atoms with Gasteiger partial charge in [-0.2, -0.15) is 10.2 Å². The number of likely N-dealkylation sites (N-methyl/N-ethyl adjacent to an activating group) is 1. The van der Waals surface area contributed by atoms with Crippen molar-refractivity contribution < 1.29 is 46.9 Å². The van der Waals surface area contributed by atoms with E-state index in [0.29, 0.717) is 53.7 Å². The number of anilines is 3. The first kappa shape index (κ1) is 62.4. The van der Waals surface area contributed by atoms with Gasteiger partial charge in [0, 0.05) is 98.3 Å². The number of methoxy groups -OCH3 is 1. The number of fused-ring (bicyclic) bond motifs is 2. The lowest BCUT2D eigenvalue weighted by atomic mass is 9.62. The van der Waals surface area contributed by atoms with Crippen LogP contribution in [-0.4, -0.2) is 134 Å². The molecule has 0 spiro atoms. The normalized spacial score (nSPS) is 17.8. The lowest BCUT2D eigenvalue weighted by Crippen LogP contribution is -2.50. The zero-order chi connectivity index (χ0) is 61.8. The van der Waals surface area contributed by atoms with Gasteiger partial charge in [-0.3, -0.25) is 14.4 Å². The second-order valence-corrected chi connectivity index (χ2v) is 23.5. The Hall–Kier alpha value is -8.13. The van der Waals surface area contributed by atoms with Gasteiger partial charge in [0.05, 0.1) is 48.2 Å². The summed E-state index contributed by atoms with van der Waals surface area (Å²) in [6, 6.07) is 23.9. The van der Waals surface area contributed by atoms with E-state index in [1.54, 1.807) is 43.4 Å². The molecule has 18 nitrogen and oxygen atoms in total. The number of nitriles is 1. The van der Waals surface area contributed by atoms with Gasteiger partial charge in [0.15, 0.2) is 5.82 Å². The maximum atomic E-state index is 17.0. The van der Waals surface area contributed by atoms with Crippen LogP contribution in [-0.2, 0) is 19.7 Å². The van der Waals surface area contributed by atoms with Gasteiger partial charge < -0.3 is 56.3 Å². The zero-order valence-electron chi connectivity index (χ0n) is 47.7. The third kappa shape index (κ3) is 13.1. The number of benzene rings is 6. The number of carbonyl (C=O) groups excluding carboxylic acids is 4. The molecule has 3 heterocycles. The van der Waals surface area contributed by atoms with Crippen molar-refractivity contribution in [1.29, 1.82) is 5.26 Å². The lowest BCUT2D eigenvalue weighted by molar-refractivity contribution is -0.130. The van der Waals surface area contributed by atoms with Crippen LogP contribution in [0.4, 0.5) is 35.4 Å². The number of urea groups is 1. The van der Waals surface area contributed by atoms with Gasteiger partial charge in [-0.25, -0.2) is 22.9 Å². The molecule has 2 aliphatic rings. The fraction of sp³-hybridized carbons (Fsp3) is 0.339. The monoisotopic (exact) mass is 1240 g/mol. The van der Waals surface area contributed by atoms with Crippen molar-refractivity contribution in [2.75, 3.05) is 88.7 Å². The minimum atomic E-state index is -1.85. The van der Waals surface area contributed by atoms with Gasteiger partial charge in [-0.15, -0.1) is 0 Å². The van der Waals surface area contributed by atoms with Crippen molar-refractivity contribution in [3.63, 3.8) is 0 Å². The van der Waals surface area contributed by atoms with Gasteiger partial charge in [0.2, 0.25) is 17.8 Å². The molecule has 24 heteroatoms. The molecule has 0 bridgehead atoms. The first-order chi connectivity index (χ1) is 41.0. The van der Waals surface area contributed by atoms with Gasteiger partial charge in [0.25, 0.3) is 5.91 Å². The Morgan fingerprint density at radius 3 is 2.36 bits per heavy atom. The maximum Gasteiger partial charge on any atom is 0.314 e. The molecule has 450 valence electrons. The number of ether oxygens (including phenoxy) is 2. The van der Waals surface area contributed by atoms with Crippen molar-refractivity contribution in [3.8, 4) is 28.7 Å². The van der Waals surface area contributed by atoms with Gasteiger partial charge >= 0.3 is 6.03 Å². The van der Waals surface area contributed by atoms with E-state index in [9.17, 15) is 29.5 Å². The SMILES string of the molecule is COc1cc(C(=O)NCCOCCN(C)C(=O)CCNc2nc(N3CCN(C(N)=O)CC3)c3cc(Cl)c(-c4cc(O)cc5ccccc45)c(F)c3n2)ccc1NC(=O)[C@@H]1N[C@@H](CC(C)(C)C)[C@](C#N)(c2ccc(Cl)cc2F)[C@H]1c1cccc(Cl)c1F. The highest BCUT2D eigenvalue weighted by molar-refractivity contribution is 6.35. The maximum absolute atomic E-state index is 17.0. The highest BCUT2D eigenvalue weighted by Gasteiger charge is 2.61. The molecule has 0 unspecified atom stereocenters. The molecule has 9 rings (SSSR count). The second-order valence-electron chi connectivity index (χ2n) is 22.3. The molecule has 0 aliphatic carbocycles. The van der Waals surface area contributed by atoms with Crippen LogP contribution in [0.5, 0.6) is 11.5 Å². The number of aromatic nitrogens is 2. The molecule has 4 atom stereocenters. The number of phenolic OH excluding ortho intramolecular Hbond substituents is 1. The van der Waals surface area contributed by atoms with Crippen molar-refractivity contribution in [2.24, 2.45) is 11.1 Å². The fourth-order valence-electron chi connectivity index (χ4n) is 11.3. The van der Waals surface area contributed by atoms with Gasteiger partial charge in [-0.1, -0.05) is 98.0 Å². The molecule has 7 aromatic rings. The van der Waals surface area contributed by atoms with Crippen LogP contribution in [0.15, 0.2) is 97.1 Å². The molecule has 7 N–H and O–H groups in total. The summed E-state index contributed by atoms with van der Waals surface area (Å²) in [6.45, 7) is 7.67. The Kier molecular flexibility index (Phi) is 19.0. The molecule has 1 aromatic heterocycles. The quantitative estimate of drug-likeness (QED) is 0.0414. The van der Waals surface area contributed by atoms with E-state index in [4.69, 9.17) is 55.0 Å². The number of hydrogen-bond donors (Lipinski definition) is 6. The van der Waals surface area contributed by atoms with E-state index in [-0.39, 0.29) is 118 Å². The third-order valence-corrected chi connectivity index (χ3v) is 16.3. The van der Waals surface area contributed by atoms with Crippen LogP contribution in [0, 0.1) is 34.2 Å². The van der Waals surface area contributed by atoms with E-state index in [0.717, 1.165) is 6.07 Å². The molecule has 2 saturated heterocycles. The topological polar surface area (TPSA) is 240 Å². The second kappa shape index (κ2) is 26.2. The standard InChI is InChI=1S/C62H63Cl3F3N11O7/c1-61(2,3)32-48-62(33-69,42-15-14-36(63)29-45(42)66)51(39-11-8-12-43(64)52(39)67)55(74-48)58(83)73-46-16-13-35(28-47(46)85-5)57(82)71-19-25-86-26-24-77(4)49(81)17-18-72-60-75-54-41(56(76-60)78-20-22-79(23-21-78)59(70)84)31-44(65)50(53(54)68)40-30-37(80)27-34-9-6-7-10-38(34)40/h6-16,27-31,48,51,55,74,80H,17-26,32H2,1-5H3,(H2,70,84)(H,71,82)(H,73,83)(H,72,75,76)/t48-,51-,55+,62-/m0/s1. The van der Waals surface area contributed by atoms with Crippen LogP contribution in [0.2, 0.25) is 15.1 Å². The summed E-state index contributed by atoms with van der Waals surface area (Å²) < 4.78 is 60.8. The molecule has 6 aromatic carbocycles. The van der Waals surface area contributed by atoms with E-state index >= 15 is 13.2 Å². The van der Waals surface area contributed by atoms with Crippen LogP contribution in [0.3, 0.4) is 0 Å². The lowest BCUT2D eigenvalue weighted by Gasteiger charge is -2.37. The highest BCUT2D eigenvalue weighted by Crippen LogP contribution is 2.53. The van der Waals surface area contributed by atoms with Crippen LogP contribution < -0.4 is 36.6 Å². The molecule has 2 fully saturated rings. The first-order valence-electron chi connectivity index (χ1n) is 27.6. The number of hydrogen-bond acceptors (Lipinski definition) is 13. The molecule has 86 heavy (non-hydrogen) atoms. The number of nitrogens with one attached hydrogen (secondary N) is 4. The Balaban J connectivity index is 0.806. The van der Waals surface area contributed by atoms with E-state index in [2.05, 4.69) is 32.3 Å². The zero-order valence-corrected chi connectivity index (χ0v) is 49.9. The summed E-state index contributed by atoms with van der Waals surface area (Å²) in [6.07, 6.45) is 0.268. The van der Waals surface area contributed by atoms with E-state index < -0.39 is 64.1 Å². The van der Waals surface area contributed by atoms with Crippen LogP contribution in [0.1, 0.15) is 61.0 Å². The number of aromatic hydroxyl groups is 1. The first-order valence-corrected chi connectivity index (χ1v) is 28.8. The smallest absolute Gasteiger partial charge is 0.314 e. The largest absolute Gasteiger partial charge is 0.508 e. The van der Waals surface area contributed by atoms with Crippen molar-refractivity contribution in [2.45, 2.75) is 57.0 Å². The summed E-state index contributed by atoms with van der Waals surface area (Å²) in [5.74, 6) is -4.72. The van der Waals surface area contributed by atoms with Gasteiger partial charge in [0.1, 0.15) is 39.9 Å². The fourth-order valence-corrected chi connectivity index (χ4v) is 12.0. The van der Waals surface area contributed by atoms with Crippen molar-refractivity contribution in [3.05, 3.63) is 146 Å². The number of nitrogens with two attached hydrogens (primary N) is 1. The molecule has 2 aliphatic heterocycles. The average Bonchev–Trinajstić information content (AvgIpc) is 1.50. The minimum absolute atomic E-state index is 0.00246. The number of carbonyl (C=O) groups is 4. The predicted octanol–water partition coefficient (Wildman–Crippen LogP) is 10.4. The number of primary amides is 1. The Labute approximate surface area is 509 Å². The molecule has 0 saturated carbocycles. The Morgan fingerprint density at radius 1 is 0.895 bits per heavy atom. The molecular weight excluding hydrogens is 1170 g/mol. The van der Waals surface area contributed by atoms with Crippen molar-refractivity contribution in [1.82, 2.24) is 30.4 Å². The molecule has 0 radical (unpaired) electrons. The number of nitrogens with zero attached hydrogens (tertiary/aromatic N) is 6. The summed E-state index contributed by atoms with van der Waals surface area (Å²) in [7, 11) is 2.97. The number of amides is 5. The van der Waals surface area contributed by atoms with Gasteiger partial charge in [-0.05, 0) is 88.3 Å². The minimum Gasteiger partial charge on any atom is -0.508 e. The Bertz CT molecular complexity index is 3810. The van der Waals surface area contributed by atoms with Crippen molar-refractivity contribution >= 4 is 97.7 Å². The average molecular weight is 1240 g/mol. The van der Waals surface area contributed by atoms with Crippen LogP contribution >= 0.6 is 34.8 Å². The van der Waals surface area contributed by atoms with Crippen LogP contribution in [0.25, 0.3) is 32.8 Å². The summed E-state index contributed by atoms with van der Waals surface area (Å²) in [5, 5.41) is 35.4. The summed E-state index contributed by atoms with van der Waals surface area (Å²) >= 11 is 19.4. The van der Waals surface area contributed by atoms with E-state index in [1.165, 1.54) is 71.5 Å². The summed E-state index contributed by atoms with van der Waals surface area (Å²) in [5.41, 5.74) is 3.78. The molecular formula is C62H63Cl3F3N11O7. The molecule has 5 amide bonds. The third-order valence-electron chi connectivity index (χ3n) is 15.5. The summed E-state index contributed by atoms with van der Waals surface area (Å²) in [4.78, 5) is 67.4.